The Morgan fingerprint density at radius 3 is 1.15 bits per heavy atom. The van der Waals surface area contributed by atoms with E-state index in [9.17, 15) is 0 Å². The number of fused-ring (bicyclic) bond motifs is 9. The monoisotopic (exact) mass is 965 g/mol. The van der Waals surface area contributed by atoms with Crippen LogP contribution < -0.4 is 4.90 Å². The van der Waals surface area contributed by atoms with Crippen LogP contribution in [0, 0.1) is 23.3 Å². The van der Waals surface area contributed by atoms with Gasteiger partial charge in [-0.05, 0) is 144 Å². The van der Waals surface area contributed by atoms with Crippen LogP contribution in [0.2, 0.25) is 0 Å². The summed E-state index contributed by atoms with van der Waals surface area (Å²) in [7, 11) is 0. The molecule has 10 aromatic carbocycles. The minimum absolute atomic E-state index is 0.0760. The summed E-state index contributed by atoms with van der Waals surface area (Å²) in [6.45, 7) is 12.5. The molecule has 0 spiro atoms. The van der Waals surface area contributed by atoms with Gasteiger partial charge in [-0.25, -0.2) is 17.6 Å². The van der Waals surface area contributed by atoms with E-state index < -0.39 is 39.5 Å². The van der Waals surface area contributed by atoms with Gasteiger partial charge in [-0.2, -0.15) is 0 Å². The molecule has 3 aliphatic carbocycles. The lowest BCUT2D eigenvalue weighted by molar-refractivity contribution is 0.526. The molecule has 5 heteroatoms. The minimum atomic E-state index is -1.45. The van der Waals surface area contributed by atoms with Gasteiger partial charge < -0.3 is 4.90 Å². The molecule has 356 valence electrons. The van der Waals surface area contributed by atoms with Crippen LogP contribution in [-0.4, -0.2) is 0 Å². The van der Waals surface area contributed by atoms with E-state index in [0.29, 0.717) is 33.6 Å². The number of rotatable bonds is 9. The van der Waals surface area contributed by atoms with Gasteiger partial charge in [0.1, 0.15) is 23.3 Å². The van der Waals surface area contributed by atoms with Crippen molar-refractivity contribution >= 4 is 29.2 Å². The Bertz CT molecular complexity index is 3730. The van der Waals surface area contributed by atoms with Gasteiger partial charge in [0.25, 0.3) is 0 Å². The Hall–Kier alpha value is -8.80. The minimum Gasteiger partial charge on any atom is -0.310 e. The zero-order valence-electron chi connectivity index (χ0n) is 40.7. The molecule has 0 N–H and O–H groups in total. The average Bonchev–Trinajstić information content (AvgIpc) is 4.00. The van der Waals surface area contributed by atoms with E-state index in [-0.39, 0.29) is 11.1 Å². The highest BCUT2D eigenvalue weighted by Gasteiger charge is 2.52. The summed E-state index contributed by atoms with van der Waals surface area (Å²) in [5.41, 5.74) is 12.7. The Morgan fingerprint density at radius 1 is 0.351 bits per heavy atom. The summed E-state index contributed by atoms with van der Waals surface area (Å²) in [5.74, 6) is -2.67. The fourth-order valence-corrected chi connectivity index (χ4v) is 13.1. The first-order valence-corrected chi connectivity index (χ1v) is 24.9. The Kier molecular flexibility index (Phi) is 10.1. The number of hydrogen-bond donors (Lipinski definition) is 0. The van der Waals surface area contributed by atoms with Crippen LogP contribution in [-0.2, 0) is 16.2 Å². The molecule has 0 bridgehead atoms. The van der Waals surface area contributed by atoms with Crippen molar-refractivity contribution in [3.8, 4) is 33.4 Å². The van der Waals surface area contributed by atoms with Crippen molar-refractivity contribution in [3.63, 3.8) is 0 Å². The predicted octanol–water partition coefficient (Wildman–Crippen LogP) is 18.0. The summed E-state index contributed by atoms with van der Waals surface area (Å²) >= 11 is 0. The third-order valence-corrected chi connectivity index (χ3v) is 16.2. The van der Waals surface area contributed by atoms with Crippen LogP contribution >= 0.6 is 0 Å². The summed E-state index contributed by atoms with van der Waals surface area (Å²) in [5, 5.41) is 0. The molecule has 0 fully saturated rings. The number of halogens is 4. The van der Waals surface area contributed by atoms with E-state index in [2.05, 4.69) is 111 Å². The second-order valence-electron chi connectivity index (χ2n) is 20.1. The lowest BCUT2D eigenvalue weighted by atomic mass is 9.67. The Labute approximate surface area is 428 Å². The molecule has 0 aromatic heterocycles. The molecule has 0 saturated carbocycles. The number of hydrogen-bond acceptors (Lipinski definition) is 1. The number of nitrogens with zero attached hydrogens (tertiary/aromatic N) is 1. The summed E-state index contributed by atoms with van der Waals surface area (Å²) in [6, 6.07) is 66.8. The zero-order valence-corrected chi connectivity index (χ0v) is 40.7. The first-order valence-electron chi connectivity index (χ1n) is 24.9. The van der Waals surface area contributed by atoms with Gasteiger partial charge in [-0.15, -0.1) is 0 Å². The van der Waals surface area contributed by atoms with Crippen molar-refractivity contribution in [2.24, 2.45) is 0 Å². The molecule has 0 saturated heterocycles. The molecule has 74 heavy (non-hydrogen) atoms. The quantitative estimate of drug-likeness (QED) is 0.130. The maximum absolute atomic E-state index is 17.1. The highest BCUT2D eigenvalue weighted by molar-refractivity contribution is 5.95. The van der Waals surface area contributed by atoms with Gasteiger partial charge in [0.2, 0.25) is 0 Å². The molecule has 13 rings (SSSR count). The highest BCUT2D eigenvalue weighted by atomic mass is 19.1. The van der Waals surface area contributed by atoms with Crippen molar-refractivity contribution < 1.29 is 17.6 Å². The number of anilines is 3. The molecule has 2 atom stereocenters. The smallest absolute Gasteiger partial charge is 0.130 e. The van der Waals surface area contributed by atoms with Crippen molar-refractivity contribution in [3.05, 3.63) is 316 Å². The van der Waals surface area contributed by atoms with Gasteiger partial charge in [-0.3, -0.25) is 0 Å². The van der Waals surface area contributed by atoms with E-state index in [4.69, 9.17) is 0 Å². The molecule has 1 nitrogen and oxygen atoms in total. The average molecular weight is 966 g/mol. The van der Waals surface area contributed by atoms with Crippen LogP contribution in [0.1, 0.15) is 80.6 Å². The van der Waals surface area contributed by atoms with E-state index in [0.717, 1.165) is 66.9 Å². The first-order chi connectivity index (χ1) is 36.0. The molecular formula is C69H47F4N. The van der Waals surface area contributed by atoms with Gasteiger partial charge in [-0.1, -0.05) is 197 Å². The predicted molar refractivity (Wildman–Crippen MR) is 293 cm³/mol. The summed E-state index contributed by atoms with van der Waals surface area (Å²) < 4.78 is 68.3. The van der Waals surface area contributed by atoms with E-state index in [1.807, 2.05) is 97.1 Å². The Morgan fingerprint density at radius 2 is 0.716 bits per heavy atom. The molecule has 2 unspecified atom stereocenters. The van der Waals surface area contributed by atoms with Crippen molar-refractivity contribution in [2.45, 2.75) is 30.1 Å². The van der Waals surface area contributed by atoms with Crippen LogP contribution in [0.5, 0.6) is 0 Å². The van der Waals surface area contributed by atoms with Crippen LogP contribution in [0.15, 0.2) is 225 Å². The molecule has 0 radical (unpaired) electrons. The lowest BCUT2D eigenvalue weighted by Gasteiger charge is -2.37. The maximum Gasteiger partial charge on any atom is 0.130 e. The summed E-state index contributed by atoms with van der Waals surface area (Å²) in [6.07, 6.45) is 3.51. The first kappa shape index (κ1) is 45.1. The molecule has 3 aliphatic rings. The largest absolute Gasteiger partial charge is 0.310 e. The van der Waals surface area contributed by atoms with Gasteiger partial charge in [0, 0.05) is 27.9 Å². The van der Waals surface area contributed by atoms with Crippen LogP contribution in [0.4, 0.5) is 34.6 Å². The molecule has 0 aliphatic heterocycles. The van der Waals surface area contributed by atoms with Gasteiger partial charge >= 0.3 is 0 Å². The SMILES string of the molecule is C=Cc1ccc(C2(c3c(F)cccc3F)c3ccccc3-c3ccc(N(c4ccc5c(c4)C(c4ccc(C=C)cc4)(c4c(F)cccc4F)c4ccccc4-5)c4cccc5c4C(C)(C)c4ccccc4-5)cc32)cc1. The van der Waals surface area contributed by atoms with Crippen molar-refractivity contribution in [1.82, 2.24) is 0 Å². The zero-order chi connectivity index (χ0) is 50.7. The second kappa shape index (κ2) is 16.6. The molecule has 0 amide bonds. The second-order valence-corrected chi connectivity index (χ2v) is 20.1. The van der Waals surface area contributed by atoms with E-state index in [1.54, 1.807) is 12.2 Å². The van der Waals surface area contributed by atoms with Crippen molar-refractivity contribution in [1.29, 1.82) is 0 Å². The van der Waals surface area contributed by atoms with E-state index in [1.165, 1.54) is 42.0 Å². The fourth-order valence-electron chi connectivity index (χ4n) is 13.1. The maximum atomic E-state index is 17.1. The third kappa shape index (κ3) is 6.10. The molecule has 0 heterocycles. The molecular weight excluding hydrogens is 919 g/mol. The normalized spacial score (nSPS) is 17.1. The topological polar surface area (TPSA) is 3.24 Å². The Balaban J connectivity index is 1.15. The third-order valence-electron chi connectivity index (χ3n) is 16.2. The van der Waals surface area contributed by atoms with Crippen LogP contribution in [0.25, 0.3) is 45.5 Å². The van der Waals surface area contributed by atoms with E-state index >= 15 is 17.6 Å². The standard InChI is InChI=1S/C69H47F4N/c1-5-42-28-32-44(33-29-42)68(65-59(70)23-14-24-60(65)71)55-21-11-8-16-48(55)51-38-36-46(40-57(51)68)74(63-27-13-19-53-50-18-7-10-20-54(50)67(3,4)64(53)63)47-37-39-52-49-17-9-12-22-56(49)69(58(52)41-47,45-34-30-43(6-2)31-35-45)66-61(72)25-15-26-62(66)73/h5-41H,1-2H2,3-4H3. The van der Waals surface area contributed by atoms with Crippen LogP contribution in [0.3, 0.4) is 0 Å². The lowest BCUT2D eigenvalue weighted by Crippen LogP contribution is -2.32. The fraction of sp³-hybridized carbons (Fsp3) is 0.0725. The summed E-state index contributed by atoms with van der Waals surface area (Å²) in [4.78, 5) is 2.23. The van der Waals surface area contributed by atoms with Crippen molar-refractivity contribution in [2.75, 3.05) is 4.90 Å². The molecule has 10 aromatic rings. The number of benzene rings is 10. The van der Waals surface area contributed by atoms with Gasteiger partial charge in [0.05, 0.1) is 16.5 Å². The highest BCUT2D eigenvalue weighted by Crippen LogP contribution is 2.62. The van der Waals surface area contributed by atoms with Gasteiger partial charge in [0.15, 0.2) is 0 Å².